The van der Waals surface area contributed by atoms with Crippen molar-refractivity contribution in [1.29, 1.82) is 0 Å². The molecule has 2 rings (SSSR count). The lowest BCUT2D eigenvalue weighted by Gasteiger charge is -2.24. The van der Waals surface area contributed by atoms with Crippen molar-refractivity contribution < 1.29 is 17.2 Å². The van der Waals surface area contributed by atoms with Crippen molar-refractivity contribution in [3.05, 3.63) is 41.6 Å². The topological polar surface area (TPSA) is 92.1 Å². The molecule has 0 saturated carbocycles. The number of rotatable bonds is 4. The summed E-state index contributed by atoms with van der Waals surface area (Å²) < 4.78 is 52.0. The Labute approximate surface area is 120 Å². The standard InChI is InChI=1S/C12H14F2N4O2S/c1-7(8-3-4-9(13)10(14)5-8)18(2)21(19,20)11-6-16-17-12(11)15/h3-7H,1-2H3,(H3,15,16,17). The van der Waals surface area contributed by atoms with Gasteiger partial charge in [-0.15, -0.1) is 0 Å². The van der Waals surface area contributed by atoms with Gasteiger partial charge >= 0.3 is 0 Å². The van der Waals surface area contributed by atoms with Crippen molar-refractivity contribution in [2.75, 3.05) is 12.8 Å². The van der Waals surface area contributed by atoms with Gasteiger partial charge in [0.15, 0.2) is 11.6 Å². The first-order valence-electron chi connectivity index (χ1n) is 5.97. The lowest BCUT2D eigenvalue weighted by Crippen LogP contribution is -2.30. The summed E-state index contributed by atoms with van der Waals surface area (Å²) in [5, 5.41) is 5.90. The van der Waals surface area contributed by atoms with E-state index in [1.54, 1.807) is 6.92 Å². The van der Waals surface area contributed by atoms with E-state index in [-0.39, 0.29) is 10.7 Å². The molecule has 1 atom stereocenters. The highest BCUT2D eigenvalue weighted by atomic mass is 32.2. The summed E-state index contributed by atoms with van der Waals surface area (Å²) >= 11 is 0. The molecule has 9 heteroatoms. The summed E-state index contributed by atoms with van der Waals surface area (Å²) in [5.74, 6) is -2.11. The molecule has 0 amide bonds. The van der Waals surface area contributed by atoms with E-state index in [2.05, 4.69) is 10.2 Å². The van der Waals surface area contributed by atoms with Gasteiger partial charge in [0.2, 0.25) is 10.0 Å². The first-order valence-corrected chi connectivity index (χ1v) is 7.41. The minimum atomic E-state index is -3.90. The Kier molecular flexibility index (Phi) is 3.97. The summed E-state index contributed by atoms with van der Waals surface area (Å²) in [7, 11) is -2.57. The van der Waals surface area contributed by atoms with Crippen molar-refractivity contribution >= 4 is 15.8 Å². The third-order valence-corrected chi connectivity index (χ3v) is 5.22. The van der Waals surface area contributed by atoms with E-state index in [1.165, 1.54) is 13.1 Å². The molecule has 3 N–H and O–H groups in total. The molecule has 1 heterocycles. The minimum Gasteiger partial charge on any atom is -0.383 e. The molecule has 1 aromatic heterocycles. The normalized spacial score (nSPS) is 13.6. The zero-order valence-electron chi connectivity index (χ0n) is 11.3. The van der Waals surface area contributed by atoms with Crippen LogP contribution in [-0.2, 0) is 10.0 Å². The number of hydrogen-bond donors (Lipinski definition) is 2. The Balaban J connectivity index is 2.37. The largest absolute Gasteiger partial charge is 0.383 e. The first kappa shape index (κ1) is 15.4. The first-order chi connectivity index (χ1) is 9.75. The van der Waals surface area contributed by atoms with Crippen LogP contribution in [0.4, 0.5) is 14.6 Å². The molecule has 0 aliphatic heterocycles. The number of nitrogens with zero attached hydrogens (tertiary/aromatic N) is 2. The number of nitrogen functional groups attached to an aromatic ring is 1. The predicted octanol–water partition coefficient (Wildman–Crippen LogP) is 1.65. The maximum atomic E-state index is 13.3. The highest BCUT2D eigenvalue weighted by Gasteiger charge is 2.29. The Bertz CT molecular complexity index is 760. The van der Waals surface area contributed by atoms with Crippen LogP contribution in [0.15, 0.2) is 29.3 Å². The van der Waals surface area contributed by atoms with E-state index in [0.717, 1.165) is 22.6 Å². The van der Waals surface area contributed by atoms with Crippen molar-refractivity contribution in [3.8, 4) is 0 Å². The fourth-order valence-corrected chi connectivity index (χ4v) is 3.19. The monoisotopic (exact) mass is 316 g/mol. The van der Waals surface area contributed by atoms with Gasteiger partial charge in [-0.25, -0.2) is 17.2 Å². The number of anilines is 1. The molecule has 0 saturated heterocycles. The van der Waals surface area contributed by atoms with Crippen LogP contribution in [0.2, 0.25) is 0 Å². The van der Waals surface area contributed by atoms with Crippen LogP contribution < -0.4 is 5.73 Å². The third kappa shape index (κ3) is 2.74. The van der Waals surface area contributed by atoms with Crippen LogP contribution in [0.5, 0.6) is 0 Å². The molecule has 0 fully saturated rings. The van der Waals surface area contributed by atoms with Crippen molar-refractivity contribution in [2.24, 2.45) is 0 Å². The molecule has 2 aromatic rings. The Morgan fingerprint density at radius 3 is 2.52 bits per heavy atom. The maximum absolute atomic E-state index is 13.3. The number of halogens is 2. The van der Waals surface area contributed by atoms with Crippen LogP contribution in [0.3, 0.4) is 0 Å². The summed E-state index contributed by atoms with van der Waals surface area (Å²) in [6.07, 6.45) is 1.10. The number of aromatic nitrogens is 2. The molecule has 1 unspecified atom stereocenters. The van der Waals surface area contributed by atoms with E-state index in [0.29, 0.717) is 5.56 Å². The zero-order valence-corrected chi connectivity index (χ0v) is 12.2. The lowest BCUT2D eigenvalue weighted by molar-refractivity contribution is 0.396. The number of nitrogens with one attached hydrogen (secondary N) is 1. The Hall–Kier alpha value is -2.00. The van der Waals surface area contributed by atoms with Crippen LogP contribution in [0.1, 0.15) is 18.5 Å². The van der Waals surface area contributed by atoms with Crippen LogP contribution in [0, 0.1) is 11.6 Å². The third-order valence-electron chi connectivity index (χ3n) is 3.26. The number of nitrogens with two attached hydrogens (primary N) is 1. The fourth-order valence-electron chi connectivity index (χ4n) is 1.84. The molecule has 0 aliphatic rings. The van der Waals surface area contributed by atoms with E-state index >= 15 is 0 Å². The van der Waals surface area contributed by atoms with Crippen LogP contribution in [-0.4, -0.2) is 30.0 Å². The predicted molar refractivity (Wildman–Crippen MR) is 72.7 cm³/mol. The summed E-state index contributed by atoms with van der Waals surface area (Å²) in [5.41, 5.74) is 5.84. The fraction of sp³-hybridized carbons (Fsp3) is 0.250. The van der Waals surface area contributed by atoms with Gasteiger partial charge in [0.1, 0.15) is 10.7 Å². The zero-order chi connectivity index (χ0) is 15.8. The van der Waals surface area contributed by atoms with E-state index in [4.69, 9.17) is 5.73 Å². The van der Waals surface area contributed by atoms with E-state index in [9.17, 15) is 17.2 Å². The Morgan fingerprint density at radius 2 is 2.00 bits per heavy atom. The summed E-state index contributed by atoms with van der Waals surface area (Å²) in [6, 6.07) is 2.53. The van der Waals surface area contributed by atoms with Crippen molar-refractivity contribution in [3.63, 3.8) is 0 Å². The van der Waals surface area contributed by atoms with Crippen LogP contribution in [0.25, 0.3) is 0 Å². The highest BCUT2D eigenvalue weighted by Crippen LogP contribution is 2.28. The van der Waals surface area contributed by atoms with Gasteiger partial charge in [0.25, 0.3) is 0 Å². The van der Waals surface area contributed by atoms with Gasteiger partial charge in [-0.2, -0.15) is 9.40 Å². The second kappa shape index (κ2) is 5.41. The summed E-state index contributed by atoms with van der Waals surface area (Å²) in [6.45, 7) is 1.56. The lowest BCUT2D eigenvalue weighted by atomic mass is 10.1. The molecule has 1 aromatic carbocycles. The number of hydrogen-bond acceptors (Lipinski definition) is 4. The van der Waals surface area contributed by atoms with Gasteiger partial charge in [-0.1, -0.05) is 6.07 Å². The summed E-state index contributed by atoms with van der Waals surface area (Å²) in [4.78, 5) is -0.167. The van der Waals surface area contributed by atoms with E-state index < -0.39 is 27.7 Å². The minimum absolute atomic E-state index is 0.0839. The van der Waals surface area contributed by atoms with Gasteiger partial charge in [0.05, 0.1) is 6.20 Å². The van der Waals surface area contributed by atoms with E-state index in [1.807, 2.05) is 0 Å². The Morgan fingerprint density at radius 1 is 1.33 bits per heavy atom. The van der Waals surface area contributed by atoms with Gasteiger partial charge in [-0.3, -0.25) is 5.10 Å². The SMILES string of the molecule is CC(c1ccc(F)c(F)c1)N(C)S(=O)(=O)c1cn[nH]c1N. The van der Waals surface area contributed by atoms with Gasteiger partial charge in [0, 0.05) is 13.1 Å². The average Bonchev–Trinajstić information content (AvgIpc) is 2.87. The molecule has 21 heavy (non-hydrogen) atoms. The smallest absolute Gasteiger partial charge is 0.248 e. The molecule has 0 radical (unpaired) electrons. The molecule has 0 aliphatic carbocycles. The molecular weight excluding hydrogens is 302 g/mol. The van der Waals surface area contributed by atoms with Crippen molar-refractivity contribution in [2.45, 2.75) is 17.9 Å². The molecule has 114 valence electrons. The average molecular weight is 316 g/mol. The second-order valence-corrected chi connectivity index (χ2v) is 6.48. The molecule has 0 spiro atoms. The quantitative estimate of drug-likeness (QED) is 0.897. The molecule has 6 nitrogen and oxygen atoms in total. The number of sulfonamides is 1. The number of H-pyrrole nitrogens is 1. The van der Waals surface area contributed by atoms with Crippen molar-refractivity contribution in [1.82, 2.24) is 14.5 Å². The van der Waals surface area contributed by atoms with Crippen LogP contribution >= 0.6 is 0 Å². The highest BCUT2D eigenvalue weighted by molar-refractivity contribution is 7.89. The molecule has 0 bridgehead atoms. The number of aromatic amines is 1. The second-order valence-electron chi connectivity index (χ2n) is 4.52. The van der Waals surface area contributed by atoms with Gasteiger partial charge in [-0.05, 0) is 24.6 Å². The molecular formula is C12H14F2N4O2S. The van der Waals surface area contributed by atoms with Gasteiger partial charge < -0.3 is 5.73 Å². The maximum Gasteiger partial charge on any atom is 0.248 e. The number of benzene rings is 1.